The molecule has 0 bridgehead atoms. The predicted octanol–water partition coefficient (Wildman–Crippen LogP) is 5.36. The lowest BCUT2D eigenvalue weighted by molar-refractivity contribution is 0.0944. The summed E-state index contributed by atoms with van der Waals surface area (Å²) in [5, 5.41) is 7.39. The molecule has 0 saturated carbocycles. The van der Waals surface area contributed by atoms with Gasteiger partial charge in [-0.1, -0.05) is 24.8 Å². The molecule has 1 saturated heterocycles. The van der Waals surface area contributed by atoms with Crippen LogP contribution >= 0.6 is 11.3 Å². The molecule has 2 N–H and O–H groups in total. The molecule has 4 aromatic rings. The second-order valence-corrected chi connectivity index (χ2v) is 12.4. The molecule has 12 heteroatoms. The van der Waals surface area contributed by atoms with Gasteiger partial charge in [0.05, 0.1) is 22.4 Å². The Kier molecular flexibility index (Phi) is 6.53. The fourth-order valence-electron chi connectivity index (χ4n) is 4.98. The Morgan fingerprint density at radius 3 is 2.73 bits per heavy atom. The van der Waals surface area contributed by atoms with E-state index in [1.807, 2.05) is 49.4 Å². The highest BCUT2D eigenvalue weighted by molar-refractivity contribution is 7.92. The van der Waals surface area contributed by atoms with E-state index < -0.39 is 16.1 Å². The van der Waals surface area contributed by atoms with Gasteiger partial charge in [0, 0.05) is 30.7 Å². The number of nitrogens with zero attached hydrogens (tertiary/aromatic N) is 3. The van der Waals surface area contributed by atoms with Crippen LogP contribution in [0.4, 0.5) is 21.9 Å². The number of carbonyl (C=O) groups excluding carboxylic acids is 2. The van der Waals surface area contributed by atoms with Gasteiger partial charge < -0.3 is 15.4 Å². The van der Waals surface area contributed by atoms with Crippen LogP contribution in [0.15, 0.2) is 72.8 Å². The van der Waals surface area contributed by atoms with Crippen molar-refractivity contribution in [2.24, 2.45) is 0 Å². The summed E-state index contributed by atoms with van der Waals surface area (Å²) >= 11 is 1.18. The Bertz CT molecular complexity index is 1770. The normalized spacial score (nSPS) is 17.1. The van der Waals surface area contributed by atoms with Crippen molar-refractivity contribution in [2.45, 2.75) is 19.4 Å². The van der Waals surface area contributed by atoms with Gasteiger partial charge in [0.2, 0.25) is 10.0 Å². The molecule has 4 heterocycles. The van der Waals surface area contributed by atoms with E-state index in [1.54, 1.807) is 23.2 Å². The van der Waals surface area contributed by atoms with Crippen LogP contribution < -0.4 is 20.3 Å². The quantitative estimate of drug-likeness (QED) is 0.306. The maximum atomic E-state index is 13.5. The van der Waals surface area contributed by atoms with E-state index in [4.69, 9.17) is 4.74 Å². The molecule has 40 heavy (non-hydrogen) atoms. The first-order valence-electron chi connectivity index (χ1n) is 12.5. The summed E-state index contributed by atoms with van der Waals surface area (Å²) in [5.74, 6) is 0.966. The first-order valence-corrected chi connectivity index (χ1v) is 14.9. The number of rotatable bonds is 7. The highest BCUT2D eigenvalue weighted by atomic mass is 32.2. The molecular weight excluding hydrogens is 550 g/mol. The number of carbonyl (C=O) groups is 2. The van der Waals surface area contributed by atoms with Gasteiger partial charge in [-0.25, -0.2) is 18.2 Å². The first-order chi connectivity index (χ1) is 19.2. The number of thiophene rings is 1. The maximum absolute atomic E-state index is 13.5. The highest BCUT2D eigenvalue weighted by Gasteiger charge is 2.35. The van der Waals surface area contributed by atoms with Gasteiger partial charge in [-0.15, -0.1) is 11.3 Å². The third-order valence-corrected chi connectivity index (χ3v) is 9.47. The lowest BCUT2D eigenvalue weighted by atomic mass is 10.1. The SMILES string of the molecule is C=CS(=O)(=O)N1CCC(NC(=O)c2sc3nccc4c3c2NC(=O)N4c2ccc(Oc3ccccc3)cc2C)C1. The van der Waals surface area contributed by atoms with Gasteiger partial charge in [-0.3, -0.25) is 9.69 Å². The number of aromatic nitrogens is 1. The van der Waals surface area contributed by atoms with Crippen LogP contribution in [0.25, 0.3) is 10.2 Å². The third kappa shape index (κ3) is 4.59. The number of benzene rings is 2. The van der Waals surface area contributed by atoms with Gasteiger partial charge in [0.15, 0.2) is 0 Å². The molecule has 0 radical (unpaired) electrons. The molecule has 6 rings (SSSR count). The molecule has 3 amide bonds. The summed E-state index contributed by atoms with van der Waals surface area (Å²) in [7, 11) is -3.56. The monoisotopic (exact) mass is 575 g/mol. The molecule has 2 aromatic heterocycles. The number of hydrogen-bond acceptors (Lipinski definition) is 7. The van der Waals surface area contributed by atoms with E-state index in [0.717, 1.165) is 11.0 Å². The Hall–Kier alpha value is -4.26. The summed E-state index contributed by atoms with van der Waals surface area (Å²) in [5.41, 5.74) is 2.51. The van der Waals surface area contributed by atoms with Gasteiger partial charge in [-0.2, -0.15) is 4.31 Å². The van der Waals surface area contributed by atoms with Crippen molar-refractivity contribution >= 4 is 60.6 Å². The smallest absolute Gasteiger partial charge is 0.331 e. The minimum absolute atomic E-state index is 0.160. The molecule has 204 valence electrons. The van der Waals surface area contributed by atoms with Crippen molar-refractivity contribution in [1.82, 2.24) is 14.6 Å². The standard InChI is InChI=1S/C28H25N5O5S2/c1-3-40(36,37)32-14-12-18(16-32)30-26(34)25-24-23-22(11-13-29-27(23)39-25)33(28(35)31-24)21-10-9-20(15-17(21)2)38-19-7-5-4-6-8-19/h3-11,13,15,18H,1,12,14,16H2,2H3,(H,30,34)(H,31,35). The van der Waals surface area contributed by atoms with Crippen LogP contribution in [0, 0.1) is 6.92 Å². The molecule has 1 unspecified atom stereocenters. The number of para-hydroxylation sites is 1. The minimum Gasteiger partial charge on any atom is -0.457 e. The largest absolute Gasteiger partial charge is 0.457 e. The fourth-order valence-corrected chi connectivity index (χ4v) is 6.96. The number of anilines is 3. The number of urea groups is 1. The average Bonchev–Trinajstić information content (AvgIpc) is 3.56. The lowest BCUT2D eigenvalue weighted by Gasteiger charge is -2.29. The lowest BCUT2D eigenvalue weighted by Crippen LogP contribution is -2.39. The van der Waals surface area contributed by atoms with E-state index in [2.05, 4.69) is 22.2 Å². The third-order valence-electron chi connectivity index (χ3n) is 6.90. The summed E-state index contributed by atoms with van der Waals surface area (Å²) in [4.78, 5) is 33.7. The van der Waals surface area contributed by atoms with Crippen LogP contribution in [0.2, 0.25) is 0 Å². The maximum Gasteiger partial charge on any atom is 0.331 e. The zero-order chi connectivity index (χ0) is 28.0. The number of hydrogen-bond donors (Lipinski definition) is 2. The molecule has 1 fully saturated rings. The van der Waals surface area contributed by atoms with Crippen LogP contribution in [0.1, 0.15) is 21.7 Å². The van der Waals surface area contributed by atoms with Crippen LogP contribution in [0.5, 0.6) is 11.5 Å². The molecule has 10 nitrogen and oxygen atoms in total. The van der Waals surface area contributed by atoms with Crippen LogP contribution in [-0.4, -0.2) is 48.8 Å². The number of nitrogens with one attached hydrogen (secondary N) is 2. The average molecular weight is 576 g/mol. The molecule has 0 spiro atoms. The molecular formula is C28H25N5O5S2. The number of sulfonamides is 1. The molecule has 2 aliphatic heterocycles. The van der Waals surface area contributed by atoms with Gasteiger partial charge >= 0.3 is 6.03 Å². The van der Waals surface area contributed by atoms with E-state index in [0.29, 0.717) is 56.6 Å². The van der Waals surface area contributed by atoms with Crippen LogP contribution in [-0.2, 0) is 10.0 Å². The molecule has 1 atom stereocenters. The van der Waals surface area contributed by atoms with Crippen molar-refractivity contribution in [3.8, 4) is 11.5 Å². The molecule has 0 aliphatic carbocycles. The van der Waals surface area contributed by atoms with E-state index in [9.17, 15) is 18.0 Å². The summed E-state index contributed by atoms with van der Waals surface area (Å²) < 4.78 is 31.4. The zero-order valence-corrected chi connectivity index (χ0v) is 23.1. The van der Waals surface area contributed by atoms with Gasteiger partial charge in [0.1, 0.15) is 21.2 Å². The van der Waals surface area contributed by atoms with Crippen molar-refractivity contribution < 1.29 is 22.7 Å². The van der Waals surface area contributed by atoms with Crippen molar-refractivity contribution in [1.29, 1.82) is 0 Å². The van der Waals surface area contributed by atoms with E-state index in [-0.39, 0.29) is 18.5 Å². The second kappa shape index (κ2) is 10.0. The first kappa shape index (κ1) is 26.0. The number of pyridine rings is 1. The zero-order valence-electron chi connectivity index (χ0n) is 21.5. The molecule has 2 aromatic carbocycles. The summed E-state index contributed by atoms with van der Waals surface area (Å²) in [6.07, 6.45) is 2.09. The van der Waals surface area contributed by atoms with Crippen LogP contribution in [0.3, 0.4) is 0 Å². The van der Waals surface area contributed by atoms with Crippen molar-refractivity contribution in [3.63, 3.8) is 0 Å². The topological polar surface area (TPSA) is 121 Å². The number of aryl methyl sites for hydroxylation is 1. The van der Waals surface area contributed by atoms with Gasteiger partial charge in [-0.05, 0) is 55.3 Å². The summed E-state index contributed by atoms with van der Waals surface area (Å²) in [6.45, 7) is 5.72. The van der Waals surface area contributed by atoms with E-state index in [1.165, 1.54) is 15.6 Å². The Labute approximate surface area is 234 Å². The van der Waals surface area contributed by atoms with E-state index >= 15 is 0 Å². The Balaban J connectivity index is 1.29. The Morgan fingerprint density at radius 2 is 1.98 bits per heavy atom. The van der Waals surface area contributed by atoms with Crippen molar-refractivity contribution in [2.75, 3.05) is 23.3 Å². The Morgan fingerprint density at radius 1 is 1.18 bits per heavy atom. The highest BCUT2D eigenvalue weighted by Crippen LogP contribution is 2.46. The predicted molar refractivity (Wildman–Crippen MR) is 155 cm³/mol. The fraction of sp³-hybridized carbons (Fsp3) is 0.179. The number of ether oxygens (including phenoxy) is 1. The second-order valence-electron chi connectivity index (χ2n) is 9.47. The van der Waals surface area contributed by atoms with Crippen molar-refractivity contribution in [3.05, 3.63) is 83.2 Å². The summed E-state index contributed by atoms with van der Waals surface area (Å²) in [6, 6.07) is 15.9. The van der Waals surface area contributed by atoms with Gasteiger partial charge in [0.25, 0.3) is 5.91 Å². The minimum atomic E-state index is -3.56. The molecule has 2 aliphatic rings. The number of amides is 3.